The Balaban J connectivity index is -0.000000524. The number of halogens is 7. The molecule has 1 heterocycles. The lowest BCUT2D eigenvalue weighted by Crippen LogP contribution is -2.43. The molecule has 0 bridgehead atoms. The van der Waals surface area contributed by atoms with Crippen LogP contribution in [0.5, 0.6) is 0 Å². The van der Waals surface area contributed by atoms with Gasteiger partial charge in [0.05, 0.1) is 13.2 Å². The van der Waals surface area contributed by atoms with Gasteiger partial charge < -0.3 is 9.84 Å². The Morgan fingerprint density at radius 2 is 0.933 bits per heavy atom. The van der Waals surface area contributed by atoms with Crippen molar-refractivity contribution < 1.29 is 40.6 Å². The highest BCUT2D eigenvalue weighted by Gasteiger charge is 2.39. The molecular weight excluding hydrogens is 597 g/mol. The minimum atomic E-state index is -4.01. The van der Waals surface area contributed by atoms with Gasteiger partial charge in [-0.1, -0.05) is 141 Å². The van der Waals surface area contributed by atoms with E-state index in [0.29, 0.717) is 23.7 Å². The predicted octanol–water partition coefficient (Wildman–Crippen LogP) is 13.3. The van der Waals surface area contributed by atoms with E-state index >= 15 is 0 Å². The fraction of sp³-hybridized carbons (Fsp3) is 1.00. The summed E-state index contributed by atoms with van der Waals surface area (Å²) in [6, 6.07) is 0. The summed E-state index contributed by atoms with van der Waals surface area (Å²) in [5.74, 6) is -2.92. The number of rotatable bonds is 16. The SMILES string of the molecule is CCC(C)(CC)CC(F)(F)CO.CCC(C)(CC)CC(F)(F)F.CCC(C)(CC)CC(F)F.CCC(C)(CC)CC1(C)COC1. The molecule has 0 aliphatic carbocycles. The summed E-state index contributed by atoms with van der Waals surface area (Å²) in [5.41, 5.74) is -0.0159. The minimum Gasteiger partial charge on any atom is -0.390 e. The Bertz CT molecular complexity index is 690. The quantitative estimate of drug-likeness (QED) is 0.166. The van der Waals surface area contributed by atoms with Crippen LogP contribution in [-0.4, -0.2) is 43.5 Å². The van der Waals surface area contributed by atoms with Crippen molar-refractivity contribution in [2.24, 2.45) is 27.1 Å². The van der Waals surface area contributed by atoms with Crippen LogP contribution in [0.4, 0.5) is 30.7 Å². The first kappa shape index (κ1) is 48.8. The van der Waals surface area contributed by atoms with Gasteiger partial charge in [-0.25, -0.2) is 17.6 Å². The zero-order valence-electron chi connectivity index (χ0n) is 31.2. The van der Waals surface area contributed by atoms with Gasteiger partial charge in [0.1, 0.15) is 6.61 Å². The van der Waals surface area contributed by atoms with E-state index in [0.717, 1.165) is 38.9 Å². The molecule has 2 nitrogen and oxygen atoms in total. The molecule has 0 spiro atoms. The molecule has 0 saturated carbocycles. The van der Waals surface area contributed by atoms with Crippen molar-refractivity contribution in [1.82, 2.24) is 0 Å². The van der Waals surface area contributed by atoms with E-state index in [-0.39, 0.29) is 23.7 Å². The second-order valence-corrected chi connectivity index (χ2v) is 15.1. The second kappa shape index (κ2) is 21.4. The van der Waals surface area contributed by atoms with Crippen molar-refractivity contribution in [3.05, 3.63) is 0 Å². The average molecular weight is 669 g/mol. The van der Waals surface area contributed by atoms with Gasteiger partial charge in [-0.05, 0) is 28.1 Å². The number of aliphatic hydroxyl groups is 1. The van der Waals surface area contributed by atoms with Crippen LogP contribution >= 0.6 is 0 Å². The van der Waals surface area contributed by atoms with E-state index < -0.39 is 37.0 Å². The molecule has 0 unspecified atom stereocenters. The summed E-state index contributed by atoms with van der Waals surface area (Å²) in [7, 11) is 0. The molecule has 1 N–H and O–H groups in total. The van der Waals surface area contributed by atoms with Gasteiger partial charge in [0, 0.05) is 24.7 Å². The van der Waals surface area contributed by atoms with Crippen LogP contribution in [0.1, 0.15) is 167 Å². The summed E-state index contributed by atoms with van der Waals surface area (Å²) in [6.45, 7) is 27.0. The molecule has 9 heteroatoms. The molecule has 1 rings (SSSR count). The van der Waals surface area contributed by atoms with Crippen LogP contribution in [0, 0.1) is 27.1 Å². The van der Waals surface area contributed by atoms with Gasteiger partial charge in [0.2, 0.25) is 6.43 Å². The number of ether oxygens (including phenoxy) is 1. The summed E-state index contributed by atoms with van der Waals surface area (Å²) in [5, 5.41) is 8.40. The van der Waals surface area contributed by atoms with Crippen molar-refractivity contribution in [3.63, 3.8) is 0 Å². The third-order valence-corrected chi connectivity index (χ3v) is 10.8. The fourth-order valence-corrected chi connectivity index (χ4v) is 5.16. The van der Waals surface area contributed by atoms with E-state index in [1.54, 1.807) is 20.8 Å². The smallest absolute Gasteiger partial charge is 0.389 e. The minimum absolute atomic E-state index is 0.0417. The Labute approximate surface area is 273 Å². The van der Waals surface area contributed by atoms with Crippen LogP contribution in [-0.2, 0) is 4.74 Å². The summed E-state index contributed by atoms with van der Waals surface area (Å²) in [4.78, 5) is 0. The molecule has 0 aromatic rings. The Morgan fingerprint density at radius 1 is 0.600 bits per heavy atom. The summed E-state index contributed by atoms with van der Waals surface area (Å²) < 4.78 is 90.4. The lowest BCUT2D eigenvalue weighted by Gasteiger charge is -2.44. The Kier molecular flexibility index (Phi) is 23.2. The lowest BCUT2D eigenvalue weighted by atomic mass is 9.69. The van der Waals surface area contributed by atoms with E-state index in [1.807, 2.05) is 41.5 Å². The highest BCUT2D eigenvalue weighted by atomic mass is 19.4. The monoisotopic (exact) mass is 669 g/mol. The molecule has 0 aromatic carbocycles. The molecule has 276 valence electrons. The van der Waals surface area contributed by atoms with Gasteiger partial charge in [-0.2, -0.15) is 13.2 Å². The molecule has 0 amide bonds. The van der Waals surface area contributed by atoms with Crippen molar-refractivity contribution in [2.45, 2.75) is 186 Å². The van der Waals surface area contributed by atoms with Crippen molar-refractivity contribution in [3.8, 4) is 0 Å². The zero-order valence-corrected chi connectivity index (χ0v) is 31.2. The zero-order chi connectivity index (χ0) is 36.4. The molecule has 1 fully saturated rings. The van der Waals surface area contributed by atoms with Crippen LogP contribution in [0.2, 0.25) is 0 Å². The van der Waals surface area contributed by atoms with E-state index in [1.165, 1.54) is 19.3 Å². The number of aliphatic hydroxyl groups excluding tert-OH is 1. The number of hydrogen-bond donors (Lipinski definition) is 1. The van der Waals surface area contributed by atoms with Crippen LogP contribution in [0.3, 0.4) is 0 Å². The summed E-state index contributed by atoms with van der Waals surface area (Å²) >= 11 is 0. The second-order valence-electron chi connectivity index (χ2n) is 15.1. The van der Waals surface area contributed by atoms with Gasteiger partial charge in [0.25, 0.3) is 5.92 Å². The van der Waals surface area contributed by atoms with Gasteiger partial charge in [0.15, 0.2) is 0 Å². The van der Waals surface area contributed by atoms with E-state index in [9.17, 15) is 30.7 Å². The molecular formula is C36H71F7O2. The van der Waals surface area contributed by atoms with Crippen LogP contribution in [0.25, 0.3) is 0 Å². The number of hydrogen-bond acceptors (Lipinski definition) is 2. The first-order valence-electron chi connectivity index (χ1n) is 17.2. The van der Waals surface area contributed by atoms with Crippen molar-refractivity contribution in [2.75, 3.05) is 19.8 Å². The maximum absolute atomic E-state index is 12.8. The average Bonchev–Trinajstić information content (AvgIpc) is 2.95. The topological polar surface area (TPSA) is 29.5 Å². The van der Waals surface area contributed by atoms with Crippen molar-refractivity contribution >= 4 is 0 Å². The maximum atomic E-state index is 12.8. The fourth-order valence-electron chi connectivity index (χ4n) is 5.16. The molecule has 45 heavy (non-hydrogen) atoms. The third kappa shape index (κ3) is 22.6. The largest absolute Gasteiger partial charge is 0.390 e. The maximum Gasteiger partial charge on any atom is 0.389 e. The van der Waals surface area contributed by atoms with Gasteiger partial charge in [-0.3, -0.25) is 0 Å². The third-order valence-electron chi connectivity index (χ3n) is 10.8. The van der Waals surface area contributed by atoms with Gasteiger partial charge in [-0.15, -0.1) is 0 Å². The highest BCUT2D eigenvalue weighted by molar-refractivity contribution is 4.87. The summed E-state index contributed by atoms with van der Waals surface area (Å²) in [6.07, 6.45) is 1.21. The Hall–Kier alpha value is -0.570. The number of alkyl halides is 7. The van der Waals surface area contributed by atoms with E-state index in [2.05, 4.69) is 27.7 Å². The molecule has 0 atom stereocenters. The van der Waals surface area contributed by atoms with Gasteiger partial charge >= 0.3 is 6.18 Å². The first-order valence-corrected chi connectivity index (χ1v) is 17.2. The normalized spacial score (nSPS) is 15.6. The molecule has 1 aliphatic rings. The van der Waals surface area contributed by atoms with Crippen LogP contribution in [0.15, 0.2) is 0 Å². The standard InChI is InChI=1S/C11H22O.C9H18F2O.C8H15F3.C8H16F2/c1-5-10(3,6-2)7-11(4)8-12-9-11;1-4-8(3,5-2)6-9(10,11)7-12;1-4-7(3,5-2)6-8(9,10)11;1-4-8(3,5-2)6-7(9)10/h5-9H2,1-4H3;12H,4-7H2,1-3H3;4-6H2,1-3H3;7H,4-6H2,1-3H3. The highest BCUT2D eigenvalue weighted by Crippen LogP contribution is 2.43. The van der Waals surface area contributed by atoms with Crippen molar-refractivity contribution in [1.29, 1.82) is 0 Å². The van der Waals surface area contributed by atoms with Crippen LogP contribution < -0.4 is 0 Å². The molecule has 0 aromatic heterocycles. The Morgan fingerprint density at radius 3 is 1.11 bits per heavy atom. The lowest BCUT2D eigenvalue weighted by molar-refractivity contribution is -0.157. The molecule has 0 radical (unpaired) electrons. The molecule has 1 aliphatic heterocycles. The first-order chi connectivity index (χ1) is 20.3. The predicted molar refractivity (Wildman–Crippen MR) is 176 cm³/mol. The molecule has 1 saturated heterocycles. The van der Waals surface area contributed by atoms with E-state index in [4.69, 9.17) is 9.84 Å².